The minimum absolute atomic E-state index is 0.443. The topological polar surface area (TPSA) is 71.8 Å². The van der Waals surface area contributed by atoms with Crippen LogP contribution in [0.2, 0.25) is 0 Å². The highest BCUT2D eigenvalue weighted by molar-refractivity contribution is 5.92. The van der Waals surface area contributed by atoms with E-state index in [0.29, 0.717) is 5.82 Å². The molecule has 0 radical (unpaired) electrons. The van der Waals surface area contributed by atoms with Crippen LogP contribution in [0.4, 0.5) is 0 Å². The van der Waals surface area contributed by atoms with E-state index < -0.39 is 5.91 Å². The van der Waals surface area contributed by atoms with E-state index in [4.69, 9.17) is 5.73 Å². The van der Waals surface area contributed by atoms with Gasteiger partial charge < -0.3 is 10.7 Å². The Kier molecular flexibility index (Phi) is 1.71. The van der Waals surface area contributed by atoms with Crippen LogP contribution in [0, 0.1) is 11.8 Å². The van der Waals surface area contributed by atoms with Crippen molar-refractivity contribution in [2.24, 2.45) is 5.73 Å². The van der Waals surface area contributed by atoms with Crippen LogP contribution < -0.4 is 5.73 Å². The number of nitrogens with one attached hydrogen (secondary N) is 1. The van der Waals surface area contributed by atoms with E-state index in [1.54, 1.807) is 12.4 Å². The van der Waals surface area contributed by atoms with Gasteiger partial charge in [0.05, 0.1) is 0 Å². The molecule has 1 aromatic heterocycles. The number of nitrogens with zero attached hydrogens (tertiary/aromatic N) is 1. The third kappa shape index (κ3) is 1.63. The number of rotatable bonds is 0. The number of primary amides is 1. The van der Waals surface area contributed by atoms with E-state index in [-0.39, 0.29) is 0 Å². The Morgan fingerprint density at radius 3 is 3.10 bits per heavy atom. The molecule has 0 saturated heterocycles. The van der Waals surface area contributed by atoms with Gasteiger partial charge in [0, 0.05) is 18.3 Å². The predicted molar refractivity (Wildman–Crippen MR) is 34.7 cm³/mol. The molecule has 1 aromatic rings. The van der Waals surface area contributed by atoms with Crippen molar-refractivity contribution in [3.8, 4) is 11.8 Å². The van der Waals surface area contributed by atoms with E-state index in [9.17, 15) is 4.79 Å². The summed E-state index contributed by atoms with van der Waals surface area (Å²) in [5.74, 6) is 4.36. The SMILES string of the molecule is NC(=O)C#Cc1ncc[nH]1. The molecule has 4 nitrogen and oxygen atoms in total. The van der Waals surface area contributed by atoms with Crippen LogP contribution in [0.25, 0.3) is 0 Å². The molecule has 1 rings (SSSR count). The smallest absolute Gasteiger partial charge is 0.293 e. The molecule has 0 unspecified atom stereocenters. The largest absolute Gasteiger partial charge is 0.359 e. The highest BCUT2D eigenvalue weighted by atomic mass is 16.1. The second kappa shape index (κ2) is 2.69. The number of aromatic amines is 1. The van der Waals surface area contributed by atoms with E-state index in [1.807, 2.05) is 0 Å². The number of hydrogen-bond acceptors (Lipinski definition) is 2. The lowest BCUT2D eigenvalue weighted by Gasteiger charge is -1.74. The zero-order valence-electron chi connectivity index (χ0n) is 5.09. The standard InChI is InChI=1S/C6H5N3O/c7-5(10)1-2-6-8-3-4-9-6/h3-4H,(H2,7,10)(H,8,9). The monoisotopic (exact) mass is 135 g/mol. The molecule has 0 fully saturated rings. The van der Waals surface area contributed by atoms with Crippen LogP contribution in [-0.4, -0.2) is 15.9 Å². The first-order valence-electron chi connectivity index (χ1n) is 2.60. The maximum atomic E-state index is 10.1. The Morgan fingerprint density at radius 1 is 1.80 bits per heavy atom. The maximum Gasteiger partial charge on any atom is 0.293 e. The molecule has 1 amide bonds. The minimum Gasteiger partial charge on any atom is -0.359 e. The summed E-state index contributed by atoms with van der Waals surface area (Å²) in [7, 11) is 0. The summed E-state index contributed by atoms with van der Waals surface area (Å²) in [4.78, 5) is 16.6. The van der Waals surface area contributed by atoms with E-state index in [2.05, 4.69) is 21.8 Å². The number of carbonyl (C=O) groups is 1. The third-order valence-electron chi connectivity index (χ3n) is 0.802. The van der Waals surface area contributed by atoms with Gasteiger partial charge >= 0.3 is 0 Å². The molecule has 0 saturated carbocycles. The highest BCUT2D eigenvalue weighted by Gasteiger charge is 1.85. The molecule has 10 heavy (non-hydrogen) atoms. The first kappa shape index (κ1) is 6.36. The van der Waals surface area contributed by atoms with Gasteiger partial charge in [-0.25, -0.2) is 4.98 Å². The number of hydrogen-bond donors (Lipinski definition) is 2. The predicted octanol–water partition coefficient (Wildman–Crippen LogP) is -0.754. The number of imidazole rings is 1. The first-order chi connectivity index (χ1) is 4.79. The fraction of sp³-hybridized carbons (Fsp3) is 0. The van der Waals surface area contributed by atoms with Gasteiger partial charge in [0.2, 0.25) is 0 Å². The molecule has 0 bridgehead atoms. The summed E-state index contributed by atoms with van der Waals surface area (Å²) in [6, 6.07) is 0. The number of amides is 1. The second-order valence-corrected chi connectivity index (χ2v) is 1.55. The molecule has 3 N–H and O–H groups in total. The fourth-order valence-corrected chi connectivity index (χ4v) is 0.454. The molecule has 0 aliphatic carbocycles. The summed E-state index contributed by atoms with van der Waals surface area (Å²) in [5.41, 5.74) is 4.75. The van der Waals surface area contributed by atoms with Crippen molar-refractivity contribution < 1.29 is 4.79 Å². The third-order valence-corrected chi connectivity index (χ3v) is 0.802. The Balaban J connectivity index is 2.75. The molecule has 0 atom stereocenters. The van der Waals surface area contributed by atoms with Gasteiger partial charge in [0.25, 0.3) is 5.91 Å². The van der Waals surface area contributed by atoms with Crippen molar-refractivity contribution in [2.75, 3.05) is 0 Å². The highest BCUT2D eigenvalue weighted by Crippen LogP contribution is 1.81. The van der Waals surface area contributed by atoms with Gasteiger partial charge in [-0.15, -0.1) is 0 Å². The number of carbonyl (C=O) groups excluding carboxylic acids is 1. The summed E-state index contributed by atoms with van der Waals surface area (Å²) in [5, 5.41) is 0. The molecule has 0 aromatic carbocycles. The van der Waals surface area contributed by atoms with Crippen molar-refractivity contribution in [1.82, 2.24) is 9.97 Å². The normalized spacial score (nSPS) is 8.00. The van der Waals surface area contributed by atoms with Gasteiger partial charge in [-0.1, -0.05) is 0 Å². The number of aromatic nitrogens is 2. The average Bonchev–Trinajstić information content (AvgIpc) is 2.34. The fourth-order valence-electron chi connectivity index (χ4n) is 0.454. The summed E-state index contributed by atoms with van der Waals surface area (Å²) in [6.07, 6.45) is 3.16. The zero-order valence-corrected chi connectivity index (χ0v) is 5.09. The average molecular weight is 135 g/mol. The number of H-pyrrole nitrogens is 1. The van der Waals surface area contributed by atoms with Gasteiger partial charge in [-0.2, -0.15) is 0 Å². The minimum atomic E-state index is -0.656. The van der Waals surface area contributed by atoms with E-state index in [1.165, 1.54) is 0 Å². The number of nitrogens with two attached hydrogens (primary N) is 1. The Morgan fingerprint density at radius 2 is 2.60 bits per heavy atom. The van der Waals surface area contributed by atoms with E-state index in [0.717, 1.165) is 0 Å². The van der Waals surface area contributed by atoms with Crippen LogP contribution in [0.3, 0.4) is 0 Å². The van der Waals surface area contributed by atoms with Crippen LogP contribution in [0.15, 0.2) is 12.4 Å². The molecule has 50 valence electrons. The van der Waals surface area contributed by atoms with Crippen LogP contribution in [0.5, 0.6) is 0 Å². The van der Waals surface area contributed by atoms with Crippen LogP contribution >= 0.6 is 0 Å². The molecule has 0 aliphatic heterocycles. The quantitative estimate of drug-likeness (QED) is 0.459. The van der Waals surface area contributed by atoms with Crippen LogP contribution in [0.1, 0.15) is 5.82 Å². The van der Waals surface area contributed by atoms with Crippen molar-refractivity contribution in [3.05, 3.63) is 18.2 Å². The Labute approximate surface area is 57.5 Å². The molecule has 4 heteroatoms. The van der Waals surface area contributed by atoms with E-state index >= 15 is 0 Å². The first-order valence-corrected chi connectivity index (χ1v) is 2.60. The lowest BCUT2D eigenvalue weighted by atomic mass is 10.5. The van der Waals surface area contributed by atoms with Crippen molar-refractivity contribution in [3.63, 3.8) is 0 Å². The Bertz CT molecular complexity index is 278. The van der Waals surface area contributed by atoms with Gasteiger partial charge in [0.15, 0.2) is 5.82 Å². The molecule has 0 aliphatic rings. The van der Waals surface area contributed by atoms with Crippen molar-refractivity contribution in [1.29, 1.82) is 0 Å². The lowest BCUT2D eigenvalue weighted by Crippen LogP contribution is -2.06. The van der Waals surface area contributed by atoms with Gasteiger partial charge in [-0.3, -0.25) is 4.79 Å². The Hall–Kier alpha value is -1.76. The van der Waals surface area contributed by atoms with Gasteiger partial charge in [-0.05, 0) is 5.92 Å². The molecular weight excluding hydrogens is 130 g/mol. The molecule has 1 heterocycles. The second-order valence-electron chi connectivity index (χ2n) is 1.55. The van der Waals surface area contributed by atoms with Crippen molar-refractivity contribution >= 4 is 5.91 Å². The maximum absolute atomic E-state index is 10.1. The van der Waals surface area contributed by atoms with Crippen molar-refractivity contribution in [2.45, 2.75) is 0 Å². The summed E-state index contributed by atoms with van der Waals surface area (Å²) >= 11 is 0. The zero-order chi connectivity index (χ0) is 7.40. The lowest BCUT2D eigenvalue weighted by molar-refractivity contribution is -0.112. The van der Waals surface area contributed by atoms with Gasteiger partial charge in [0.1, 0.15) is 0 Å². The molecule has 0 spiro atoms. The summed E-state index contributed by atoms with van der Waals surface area (Å²) < 4.78 is 0. The van der Waals surface area contributed by atoms with Crippen LogP contribution in [-0.2, 0) is 4.79 Å². The molecular formula is C6H5N3O. The summed E-state index contributed by atoms with van der Waals surface area (Å²) in [6.45, 7) is 0.